The second kappa shape index (κ2) is 4.45. The summed E-state index contributed by atoms with van der Waals surface area (Å²) < 4.78 is 5.11. The van der Waals surface area contributed by atoms with Gasteiger partial charge in [-0.05, 0) is 31.4 Å². The molecule has 0 bridgehead atoms. The fourth-order valence-electron chi connectivity index (χ4n) is 2.25. The van der Waals surface area contributed by atoms with Gasteiger partial charge in [0.25, 0.3) is 0 Å². The van der Waals surface area contributed by atoms with Gasteiger partial charge in [-0.3, -0.25) is 4.79 Å². The van der Waals surface area contributed by atoms with Crippen molar-refractivity contribution in [2.24, 2.45) is 5.92 Å². The number of ketones is 1. The third kappa shape index (κ3) is 2.29. The Morgan fingerprint density at radius 2 is 2.33 bits per heavy atom. The summed E-state index contributed by atoms with van der Waals surface area (Å²) in [5.41, 5.74) is 0. The standard InChI is InChI=1S/C12H16O2S/c1-8-3-4-12(15-8)10-5-9(7-14-2)6-11(10)13/h3-4,9-10H,5-7H2,1-2H3. The van der Waals surface area contributed by atoms with Crippen molar-refractivity contribution in [1.82, 2.24) is 0 Å². The summed E-state index contributed by atoms with van der Waals surface area (Å²) in [5, 5.41) is 0. The summed E-state index contributed by atoms with van der Waals surface area (Å²) in [5.74, 6) is 0.956. The molecule has 3 heteroatoms. The first-order chi connectivity index (χ1) is 7.20. The fraction of sp³-hybridized carbons (Fsp3) is 0.583. The van der Waals surface area contributed by atoms with Crippen LogP contribution >= 0.6 is 11.3 Å². The van der Waals surface area contributed by atoms with Gasteiger partial charge in [0, 0.05) is 29.9 Å². The number of aryl methyl sites for hydroxylation is 1. The smallest absolute Gasteiger partial charge is 0.141 e. The Morgan fingerprint density at radius 3 is 2.93 bits per heavy atom. The maximum Gasteiger partial charge on any atom is 0.141 e. The number of methoxy groups -OCH3 is 1. The van der Waals surface area contributed by atoms with Crippen molar-refractivity contribution >= 4 is 17.1 Å². The van der Waals surface area contributed by atoms with Crippen LogP contribution in [0, 0.1) is 12.8 Å². The van der Waals surface area contributed by atoms with Gasteiger partial charge in [0.2, 0.25) is 0 Å². The van der Waals surface area contributed by atoms with Crippen LogP contribution in [-0.4, -0.2) is 19.5 Å². The third-order valence-corrected chi connectivity index (χ3v) is 4.07. The number of rotatable bonds is 3. The molecule has 1 aliphatic carbocycles. The van der Waals surface area contributed by atoms with Crippen LogP contribution in [0.3, 0.4) is 0 Å². The van der Waals surface area contributed by atoms with Crippen molar-refractivity contribution < 1.29 is 9.53 Å². The Bertz CT molecular complexity index is 356. The fourth-order valence-corrected chi connectivity index (χ4v) is 3.27. The van der Waals surface area contributed by atoms with E-state index >= 15 is 0 Å². The molecule has 0 saturated heterocycles. The van der Waals surface area contributed by atoms with E-state index in [1.807, 2.05) is 0 Å². The van der Waals surface area contributed by atoms with Crippen LogP contribution in [0.2, 0.25) is 0 Å². The lowest BCUT2D eigenvalue weighted by atomic mass is 10.0. The molecule has 0 amide bonds. The molecular formula is C12H16O2S. The molecule has 2 unspecified atom stereocenters. The van der Waals surface area contributed by atoms with E-state index in [9.17, 15) is 4.79 Å². The van der Waals surface area contributed by atoms with Gasteiger partial charge in [0.05, 0.1) is 5.92 Å². The first-order valence-corrected chi connectivity index (χ1v) is 6.10. The molecule has 0 aromatic carbocycles. The highest BCUT2D eigenvalue weighted by atomic mass is 32.1. The molecular weight excluding hydrogens is 208 g/mol. The molecule has 1 heterocycles. The van der Waals surface area contributed by atoms with E-state index in [4.69, 9.17) is 4.74 Å². The quantitative estimate of drug-likeness (QED) is 0.789. The summed E-state index contributed by atoms with van der Waals surface area (Å²) in [4.78, 5) is 14.3. The van der Waals surface area contributed by atoms with E-state index in [2.05, 4.69) is 19.1 Å². The van der Waals surface area contributed by atoms with Gasteiger partial charge in [0.15, 0.2) is 0 Å². The number of carbonyl (C=O) groups is 1. The summed E-state index contributed by atoms with van der Waals surface area (Å²) in [6, 6.07) is 4.19. The maximum absolute atomic E-state index is 11.8. The van der Waals surface area contributed by atoms with Crippen molar-refractivity contribution in [3.8, 4) is 0 Å². The molecule has 1 aliphatic rings. The summed E-state index contributed by atoms with van der Waals surface area (Å²) in [6.45, 7) is 2.80. The topological polar surface area (TPSA) is 26.3 Å². The van der Waals surface area contributed by atoms with Crippen LogP contribution < -0.4 is 0 Å². The molecule has 15 heavy (non-hydrogen) atoms. The van der Waals surface area contributed by atoms with Crippen LogP contribution in [0.1, 0.15) is 28.5 Å². The summed E-state index contributed by atoms with van der Waals surface area (Å²) in [7, 11) is 1.70. The molecule has 2 nitrogen and oxygen atoms in total. The van der Waals surface area contributed by atoms with Gasteiger partial charge < -0.3 is 4.74 Å². The predicted molar refractivity (Wildman–Crippen MR) is 61.4 cm³/mol. The highest BCUT2D eigenvalue weighted by Gasteiger charge is 2.34. The zero-order valence-corrected chi connectivity index (χ0v) is 9.97. The lowest BCUT2D eigenvalue weighted by molar-refractivity contribution is -0.118. The zero-order valence-electron chi connectivity index (χ0n) is 9.16. The van der Waals surface area contributed by atoms with E-state index in [-0.39, 0.29) is 5.92 Å². The van der Waals surface area contributed by atoms with E-state index in [1.54, 1.807) is 18.4 Å². The molecule has 1 fully saturated rings. The van der Waals surface area contributed by atoms with Gasteiger partial charge >= 0.3 is 0 Å². The Morgan fingerprint density at radius 1 is 1.53 bits per heavy atom. The normalized spacial score (nSPS) is 26.1. The van der Waals surface area contributed by atoms with E-state index in [0.717, 1.165) is 6.42 Å². The Balaban J connectivity index is 2.08. The maximum atomic E-state index is 11.8. The van der Waals surface area contributed by atoms with Crippen molar-refractivity contribution in [2.75, 3.05) is 13.7 Å². The number of carbonyl (C=O) groups excluding carboxylic acids is 1. The van der Waals surface area contributed by atoms with E-state index in [0.29, 0.717) is 24.7 Å². The minimum absolute atomic E-state index is 0.142. The average molecular weight is 224 g/mol. The molecule has 0 spiro atoms. The minimum Gasteiger partial charge on any atom is -0.384 e. The number of hydrogen-bond donors (Lipinski definition) is 0. The van der Waals surface area contributed by atoms with Crippen LogP contribution in [-0.2, 0) is 9.53 Å². The average Bonchev–Trinajstić information content (AvgIpc) is 2.73. The minimum atomic E-state index is 0.142. The van der Waals surface area contributed by atoms with Gasteiger partial charge in [-0.2, -0.15) is 0 Å². The molecule has 0 N–H and O–H groups in total. The summed E-state index contributed by atoms with van der Waals surface area (Å²) >= 11 is 1.75. The van der Waals surface area contributed by atoms with E-state index < -0.39 is 0 Å². The van der Waals surface area contributed by atoms with Gasteiger partial charge in [-0.15, -0.1) is 11.3 Å². The largest absolute Gasteiger partial charge is 0.384 e. The Labute approximate surface area is 94.3 Å². The van der Waals surface area contributed by atoms with Crippen molar-refractivity contribution in [1.29, 1.82) is 0 Å². The van der Waals surface area contributed by atoms with Crippen LogP contribution in [0.5, 0.6) is 0 Å². The lowest BCUT2D eigenvalue weighted by Gasteiger charge is -2.07. The van der Waals surface area contributed by atoms with Crippen molar-refractivity contribution in [3.05, 3.63) is 21.9 Å². The van der Waals surface area contributed by atoms with Crippen LogP contribution in [0.25, 0.3) is 0 Å². The zero-order chi connectivity index (χ0) is 10.8. The number of Topliss-reactive ketones (excluding diaryl/α,β-unsaturated/α-hetero) is 1. The van der Waals surface area contributed by atoms with Gasteiger partial charge in [-0.1, -0.05) is 0 Å². The molecule has 1 saturated carbocycles. The highest BCUT2D eigenvalue weighted by Crippen LogP contribution is 2.38. The predicted octanol–water partition coefficient (Wildman–Crippen LogP) is 2.77. The molecule has 2 atom stereocenters. The van der Waals surface area contributed by atoms with Crippen LogP contribution in [0.4, 0.5) is 0 Å². The van der Waals surface area contributed by atoms with Gasteiger partial charge in [0.1, 0.15) is 5.78 Å². The molecule has 1 aromatic heterocycles. The number of ether oxygens (including phenoxy) is 1. The monoisotopic (exact) mass is 224 g/mol. The SMILES string of the molecule is COCC1CC(=O)C(c2ccc(C)s2)C1. The van der Waals surface area contributed by atoms with Crippen LogP contribution in [0.15, 0.2) is 12.1 Å². The van der Waals surface area contributed by atoms with E-state index in [1.165, 1.54) is 9.75 Å². The molecule has 0 radical (unpaired) electrons. The van der Waals surface area contributed by atoms with Crippen molar-refractivity contribution in [3.63, 3.8) is 0 Å². The number of thiophene rings is 1. The Kier molecular flexibility index (Phi) is 3.22. The Hall–Kier alpha value is -0.670. The first kappa shape index (κ1) is 10.8. The lowest BCUT2D eigenvalue weighted by Crippen LogP contribution is -2.03. The second-order valence-electron chi connectivity index (χ2n) is 4.23. The number of hydrogen-bond acceptors (Lipinski definition) is 3. The first-order valence-electron chi connectivity index (χ1n) is 5.28. The van der Waals surface area contributed by atoms with Gasteiger partial charge in [-0.25, -0.2) is 0 Å². The third-order valence-electron chi connectivity index (χ3n) is 2.95. The highest BCUT2D eigenvalue weighted by molar-refractivity contribution is 7.12. The molecule has 0 aliphatic heterocycles. The van der Waals surface area contributed by atoms with Crippen molar-refractivity contribution in [2.45, 2.75) is 25.7 Å². The summed E-state index contributed by atoms with van der Waals surface area (Å²) in [6.07, 6.45) is 1.65. The second-order valence-corrected chi connectivity index (χ2v) is 5.55. The molecule has 82 valence electrons. The molecule has 1 aromatic rings. The molecule has 2 rings (SSSR count).